The largest absolute Gasteiger partial charge is 0.462 e. The Labute approximate surface area is 85.3 Å². The van der Waals surface area contributed by atoms with E-state index in [9.17, 15) is 10.0 Å². The van der Waals surface area contributed by atoms with Crippen LogP contribution in [0.1, 0.15) is 19.8 Å². The van der Waals surface area contributed by atoms with Crippen molar-refractivity contribution >= 4 is 5.97 Å². The molecule has 82 valence electrons. The van der Waals surface area contributed by atoms with Crippen molar-refractivity contribution in [2.45, 2.75) is 19.8 Å². The number of carbonyl (C=O) groups excluding carboxylic acids is 1. The lowest BCUT2D eigenvalue weighted by molar-refractivity contribution is -1.07. The molecule has 0 fully saturated rings. The molecule has 0 spiro atoms. The summed E-state index contributed by atoms with van der Waals surface area (Å²) in [5, 5.41) is 9.33. The number of unbranched alkanes of at least 4 members (excludes halogenated alkanes) is 1. The Hall–Kier alpha value is -0.870. The van der Waals surface area contributed by atoms with E-state index in [4.69, 9.17) is 4.74 Å². The summed E-state index contributed by atoms with van der Waals surface area (Å²) in [5.74, 6) is -0.345. The molecule has 0 rings (SSSR count). The lowest BCUT2D eigenvalue weighted by Crippen LogP contribution is -2.36. The molecule has 0 saturated heterocycles. The molecular formula is C10H20NO3+. The first-order valence-corrected chi connectivity index (χ1v) is 4.71. The zero-order valence-electron chi connectivity index (χ0n) is 9.25. The molecule has 0 aliphatic rings. The van der Waals surface area contributed by atoms with Gasteiger partial charge in [-0.25, -0.2) is 10.0 Å². The Balaban J connectivity index is 3.39. The van der Waals surface area contributed by atoms with Crippen LogP contribution in [0.3, 0.4) is 0 Å². The van der Waals surface area contributed by atoms with Crippen molar-refractivity contribution in [3.05, 3.63) is 12.2 Å². The van der Waals surface area contributed by atoms with E-state index in [-0.39, 0.29) is 10.6 Å². The maximum Gasteiger partial charge on any atom is 0.333 e. The maximum atomic E-state index is 10.9. The Morgan fingerprint density at radius 1 is 1.43 bits per heavy atom. The first kappa shape index (κ1) is 13.1. The van der Waals surface area contributed by atoms with Gasteiger partial charge in [0.1, 0.15) is 6.54 Å². The van der Waals surface area contributed by atoms with Gasteiger partial charge in [-0.15, -0.1) is 0 Å². The number of rotatable bonds is 6. The van der Waals surface area contributed by atoms with Gasteiger partial charge in [0.2, 0.25) is 0 Å². The molecule has 0 atom stereocenters. The number of hydrogen-bond acceptors (Lipinski definition) is 3. The molecule has 0 bridgehead atoms. The van der Waals surface area contributed by atoms with Crippen LogP contribution >= 0.6 is 0 Å². The number of carbonyl (C=O) groups is 1. The topological polar surface area (TPSA) is 46.5 Å². The SMILES string of the molecule is C=C(C)C(=O)OCCCC[N+](C)(C)O. The Morgan fingerprint density at radius 2 is 2.00 bits per heavy atom. The van der Waals surface area contributed by atoms with Crippen molar-refractivity contribution in [2.75, 3.05) is 27.2 Å². The van der Waals surface area contributed by atoms with Gasteiger partial charge in [0.25, 0.3) is 0 Å². The van der Waals surface area contributed by atoms with Gasteiger partial charge in [0, 0.05) is 12.0 Å². The third-order valence-electron chi connectivity index (χ3n) is 1.68. The van der Waals surface area contributed by atoms with E-state index < -0.39 is 0 Å². The van der Waals surface area contributed by atoms with Crippen LogP contribution < -0.4 is 0 Å². The van der Waals surface area contributed by atoms with Gasteiger partial charge < -0.3 is 4.74 Å². The van der Waals surface area contributed by atoms with Crippen molar-refractivity contribution in [3.63, 3.8) is 0 Å². The summed E-state index contributed by atoms with van der Waals surface area (Å²) in [4.78, 5) is 10.9. The standard InChI is InChI=1S/C10H20NO3/c1-9(2)10(12)14-8-6-5-7-11(3,4)13/h13H,1,5-8H2,2-4H3/q+1. The Kier molecular flexibility index (Phi) is 5.42. The minimum absolute atomic E-state index is 0.0472. The van der Waals surface area contributed by atoms with E-state index in [1.165, 1.54) is 0 Å². The van der Waals surface area contributed by atoms with E-state index in [0.717, 1.165) is 12.8 Å². The second kappa shape index (κ2) is 5.78. The molecule has 0 aliphatic heterocycles. The van der Waals surface area contributed by atoms with Gasteiger partial charge in [0.05, 0.1) is 20.7 Å². The average Bonchev–Trinajstić information content (AvgIpc) is 2.01. The maximum absolute atomic E-state index is 10.9. The number of nitrogens with zero attached hydrogens (tertiary/aromatic N) is 1. The van der Waals surface area contributed by atoms with Crippen LogP contribution in [0.4, 0.5) is 0 Å². The van der Waals surface area contributed by atoms with Crippen LogP contribution in [-0.4, -0.2) is 43.1 Å². The fourth-order valence-electron chi connectivity index (χ4n) is 0.889. The molecule has 0 aromatic heterocycles. The molecule has 4 heteroatoms. The fraction of sp³-hybridized carbons (Fsp3) is 0.700. The molecule has 14 heavy (non-hydrogen) atoms. The summed E-state index contributed by atoms with van der Waals surface area (Å²) in [6.45, 7) is 6.15. The minimum Gasteiger partial charge on any atom is -0.462 e. The number of ether oxygens (including phenoxy) is 1. The van der Waals surface area contributed by atoms with E-state index in [1.54, 1.807) is 21.0 Å². The quantitative estimate of drug-likeness (QED) is 0.232. The van der Waals surface area contributed by atoms with Crippen LogP contribution in [0.25, 0.3) is 0 Å². The van der Waals surface area contributed by atoms with Crippen molar-refractivity contribution in [2.24, 2.45) is 0 Å². The summed E-state index contributed by atoms with van der Waals surface area (Å²) in [5.41, 5.74) is 0.420. The summed E-state index contributed by atoms with van der Waals surface area (Å²) in [7, 11) is 3.42. The molecule has 0 aromatic carbocycles. The zero-order valence-corrected chi connectivity index (χ0v) is 9.25. The van der Waals surface area contributed by atoms with Crippen molar-refractivity contribution < 1.29 is 19.4 Å². The van der Waals surface area contributed by atoms with E-state index in [0.29, 0.717) is 18.7 Å². The lowest BCUT2D eigenvalue weighted by atomic mass is 10.3. The third kappa shape index (κ3) is 7.76. The monoisotopic (exact) mass is 202 g/mol. The Morgan fingerprint density at radius 3 is 2.43 bits per heavy atom. The van der Waals surface area contributed by atoms with E-state index in [2.05, 4.69) is 6.58 Å². The predicted molar refractivity (Wildman–Crippen MR) is 53.8 cm³/mol. The zero-order chi connectivity index (χ0) is 11.2. The summed E-state index contributed by atoms with van der Waals surface area (Å²) >= 11 is 0. The van der Waals surface area contributed by atoms with Crippen LogP contribution in [0, 0.1) is 0 Å². The number of esters is 1. The molecular weight excluding hydrogens is 182 g/mol. The lowest BCUT2D eigenvalue weighted by Gasteiger charge is -2.18. The number of hydroxylamine groups is 3. The van der Waals surface area contributed by atoms with Gasteiger partial charge in [0.15, 0.2) is 0 Å². The smallest absolute Gasteiger partial charge is 0.333 e. The molecule has 0 aromatic rings. The fourth-order valence-corrected chi connectivity index (χ4v) is 0.889. The van der Waals surface area contributed by atoms with Crippen molar-refractivity contribution in [1.29, 1.82) is 0 Å². The first-order chi connectivity index (χ1) is 6.33. The molecule has 0 aliphatic carbocycles. The molecule has 0 heterocycles. The van der Waals surface area contributed by atoms with Crippen LogP contribution in [0.2, 0.25) is 0 Å². The molecule has 0 unspecified atom stereocenters. The highest BCUT2D eigenvalue weighted by molar-refractivity contribution is 5.86. The van der Waals surface area contributed by atoms with Crippen LogP contribution in [0.5, 0.6) is 0 Å². The average molecular weight is 202 g/mol. The first-order valence-electron chi connectivity index (χ1n) is 4.71. The van der Waals surface area contributed by atoms with Crippen molar-refractivity contribution in [3.8, 4) is 0 Å². The minimum atomic E-state index is -0.345. The molecule has 4 nitrogen and oxygen atoms in total. The number of hydrogen-bond donors (Lipinski definition) is 1. The van der Waals surface area contributed by atoms with Gasteiger partial charge >= 0.3 is 5.97 Å². The highest BCUT2D eigenvalue weighted by Crippen LogP contribution is 1.99. The molecule has 0 radical (unpaired) electrons. The summed E-state index contributed by atoms with van der Waals surface area (Å²) in [6, 6.07) is 0. The summed E-state index contributed by atoms with van der Waals surface area (Å²) in [6.07, 6.45) is 1.59. The highest BCUT2D eigenvalue weighted by Gasteiger charge is 2.09. The third-order valence-corrected chi connectivity index (χ3v) is 1.68. The normalized spacial score (nSPS) is 11.1. The van der Waals surface area contributed by atoms with Gasteiger partial charge in [-0.3, -0.25) is 0 Å². The molecule has 0 saturated carbocycles. The van der Waals surface area contributed by atoms with Crippen LogP contribution in [0.15, 0.2) is 12.2 Å². The Bertz CT molecular complexity index is 206. The van der Waals surface area contributed by atoms with Gasteiger partial charge in [-0.2, -0.15) is 4.65 Å². The second-order valence-corrected chi connectivity index (χ2v) is 3.97. The molecule has 0 amide bonds. The second-order valence-electron chi connectivity index (χ2n) is 3.97. The predicted octanol–water partition coefficient (Wildman–Crippen LogP) is 1.35. The highest BCUT2D eigenvalue weighted by atomic mass is 16.5. The van der Waals surface area contributed by atoms with Crippen molar-refractivity contribution in [1.82, 2.24) is 0 Å². The van der Waals surface area contributed by atoms with Gasteiger partial charge in [-0.05, 0) is 13.3 Å². The van der Waals surface area contributed by atoms with E-state index >= 15 is 0 Å². The number of quaternary nitrogens is 1. The van der Waals surface area contributed by atoms with Gasteiger partial charge in [-0.1, -0.05) is 6.58 Å². The van der Waals surface area contributed by atoms with E-state index in [1.807, 2.05) is 0 Å². The molecule has 1 N–H and O–H groups in total. The van der Waals surface area contributed by atoms with Crippen LogP contribution in [-0.2, 0) is 9.53 Å². The summed E-state index contributed by atoms with van der Waals surface area (Å²) < 4.78 is 4.84.